The maximum Gasteiger partial charge on any atom is 0.153 e. The Hall–Kier alpha value is -0.410. The quantitative estimate of drug-likeness (QED) is 0.620. The van der Waals surface area contributed by atoms with Crippen LogP contribution in [0.15, 0.2) is 0 Å². The predicted octanol–water partition coefficient (Wildman–Crippen LogP) is 0.830. The van der Waals surface area contributed by atoms with Gasteiger partial charge in [0.2, 0.25) is 0 Å². The topological polar surface area (TPSA) is 29.5 Å². The van der Waals surface area contributed by atoms with Gasteiger partial charge in [-0.25, -0.2) is 0 Å². The molecule has 0 aromatic heterocycles. The van der Waals surface area contributed by atoms with E-state index in [9.17, 15) is 4.79 Å². The van der Waals surface area contributed by atoms with Gasteiger partial charge in [-0.3, -0.25) is 9.69 Å². The van der Waals surface area contributed by atoms with Crippen molar-refractivity contribution in [3.8, 4) is 0 Å². The average molecular weight is 195 g/mol. The monoisotopic (exact) mass is 195 g/mol. The molecule has 0 aromatic carbocycles. The molecule has 2 saturated carbocycles. The van der Waals surface area contributed by atoms with Crippen LogP contribution in [0.2, 0.25) is 0 Å². The highest BCUT2D eigenvalue weighted by Crippen LogP contribution is 2.48. The van der Waals surface area contributed by atoms with Gasteiger partial charge in [-0.15, -0.1) is 0 Å². The Balaban J connectivity index is 1.83. The Kier molecular flexibility index (Phi) is 1.92. The predicted molar refractivity (Wildman–Crippen MR) is 52.1 cm³/mol. The van der Waals surface area contributed by atoms with Crippen molar-refractivity contribution in [2.24, 2.45) is 5.92 Å². The van der Waals surface area contributed by atoms with Crippen LogP contribution in [0.25, 0.3) is 0 Å². The molecule has 3 aliphatic rings. The van der Waals surface area contributed by atoms with Crippen molar-refractivity contribution >= 4 is 5.78 Å². The second-order valence-corrected chi connectivity index (χ2v) is 4.87. The van der Waals surface area contributed by atoms with Gasteiger partial charge < -0.3 is 4.74 Å². The highest BCUT2D eigenvalue weighted by Gasteiger charge is 2.54. The summed E-state index contributed by atoms with van der Waals surface area (Å²) in [6.45, 7) is 3.52. The van der Waals surface area contributed by atoms with Crippen LogP contribution in [0.1, 0.15) is 25.7 Å². The molecular formula is C11H17NO2. The highest BCUT2D eigenvalue weighted by molar-refractivity contribution is 5.91. The van der Waals surface area contributed by atoms with E-state index in [-0.39, 0.29) is 5.54 Å². The van der Waals surface area contributed by atoms with Crippen molar-refractivity contribution < 1.29 is 9.53 Å². The average Bonchev–Trinajstić information content (AvgIpc) is 2.77. The van der Waals surface area contributed by atoms with Crippen LogP contribution >= 0.6 is 0 Å². The summed E-state index contributed by atoms with van der Waals surface area (Å²) < 4.78 is 5.34. The van der Waals surface area contributed by atoms with Crippen LogP contribution in [0.5, 0.6) is 0 Å². The van der Waals surface area contributed by atoms with Gasteiger partial charge in [0.15, 0.2) is 5.78 Å². The van der Waals surface area contributed by atoms with E-state index in [0.29, 0.717) is 11.7 Å². The number of carbonyl (C=O) groups excluding carboxylic acids is 1. The SMILES string of the molecule is O=C1CC2CCC1(N1CCOCC1)C2. The van der Waals surface area contributed by atoms with Crippen LogP contribution in [0, 0.1) is 5.92 Å². The van der Waals surface area contributed by atoms with Gasteiger partial charge >= 0.3 is 0 Å². The van der Waals surface area contributed by atoms with Crippen LogP contribution in [-0.4, -0.2) is 42.5 Å². The molecule has 78 valence electrons. The third-order valence-corrected chi connectivity index (χ3v) is 4.20. The number of Topliss-reactive ketones (excluding diaryl/α,β-unsaturated/α-hetero) is 1. The maximum absolute atomic E-state index is 12.0. The second kappa shape index (κ2) is 3.04. The molecule has 2 atom stereocenters. The molecule has 1 aliphatic heterocycles. The van der Waals surface area contributed by atoms with Crippen molar-refractivity contribution in [3.63, 3.8) is 0 Å². The Morgan fingerprint density at radius 2 is 2.14 bits per heavy atom. The third-order valence-electron chi connectivity index (χ3n) is 4.20. The first-order valence-electron chi connectivity index (χ1n) is 5.67. The summed E-state index contributed by atoms with van der Waals surface area (Å²) in [6, 6.07) is 0. The number of morpholine rings is 1. The molecule has 0 radical (unpaired) electrons. The van der Waals surface area contributed by atoms with E-state index in [1.165, 1.54) is 6.42 Å². The van der Waals surface area contributed by atoms with Gasteiger partial charge in [0.05, 0.1) is 18.8 Å². The zero-order valence-electron chi connectivity index (χ0n) is 8.50. The molecule has 14 heavy (non-hydrogen) atoms. The Morgan fingerprint density at radius 3 is 2.71 bits per heavy atom. The molecule has 3 rings (SSSR count). The molecule has 2 unspecified atom stereocenters. The minimum atomic E-state index is -0.0472. The Bertz CT molecular complexity index is 260. The van der Waals surface area contributed by atoms with Gasteiger partial charge in [-0.2, -0.15) is 0 Å². The summed E-state index contributed by atoms with van der Waals surface area (Å²) in [7, 11) is 0. The number of hydrogen-bond acceptors (Lipinski definition) is 3. The molecule has 0 amide bonds. The van der Waals surface area contributed by atoms with E-state index < -0.39 is 0 Å². The smallest absolute Gasteiger partial charge is 0.153 e. The van der Waals surface area contributed by atoms with Crippen molar-refractivity contribution in [1.82, 2.24) is 4.90 Å². The number of fused-ring (bicyclic) bond motifs is 2. The lowest BCUT2D eigenvalue weighted by Crippen LogP contribution is -2.55. The molecule has 1 saturated heterocycles. The summed E-state index contributed by atoms with van der Waals surface area (Å²) in [5.74, 6) is 1.21. The van der Waals surface area contributed by atoms with Crippen LogP contribution < -0.4 is 0 Å². The van der Waals surface area contributed by atoms with Crippen molar-refractivity contribution in [2.45, 2.75) is 31.2 Å². The largest absolute Gasteiger partial charge is 0.379 e. The van der Waals surface area contributed by atoms with Crippen LogP contribution in [0.4, 0.5) is 0 Å². The van der Waals surface area contributed by atoms with Crippen molar-refractivity contribution in [2.75, 3.05) is 26.3 Å². The molecular weight excluding hydrogens is 178 g/mol. The van der Waals surface area contributed by atoms with E-state index >= 15 is 0 Å². The van der Waals surface area contributed by atoms with Crippen molar-refractivity contribution in [3.05, 3.63) is 0 Å². The second-order valence-electron chi connectivity index (χ2n) is 4.87. The number of ether oxygens (including phenoxy) is 1. The standard InChI is InChI=1S/C11H17NO2/c13-10-7-9-1-2-11(10,8-9)12-3-5-14-6-4-12/h9H,1-8H2. The van der Waals surface area contributed by atoms with Gasteiger partial charge in [-0.1, -0.05) is 0 Å². The number of rotatable bonds is 1. The zero-order valence-corrected chi connectivity index (χ0v) is 8.50. The fourth-order valence-corrected chi connectivity index (χ4v) is 3.46. The number of carbonyl (C=O) groups is 1. The summed E-state index contributed by atoms with van der Waals surface area (Å²) >= 11 is 0. The maximum atomic E-state index is 12.0. The summed E-state index contributed by atoms with van der Waals surface area (Å²) in [5, 5.41) is 0. The van der Waals surface area contributed by atoms with Crippen molar-refractivity contribution in [1.29, 1.82) is 0 Å². The lowest BCUT2D eigenvalue weighted by atomic mass is 9.90. The van der Waals surface area contributed by atoms with Gasteiger partial charge in [0.1, 0.15) is 0 Å². The van der Waals surface area contributed by atoms with Gasteiger partial charge in [0.25, 0.3) is 0 Å². The van der Waals surface area contributed by atoms with E-state index in [4.69, 9.17) is 4.74 Å². The normalized spacial score (nSPS) is 43.4. The Labute approximate surface area is 84.4 Å². The summed E-state index contributed by atoms with van der Waals surface area (Å²) in [4.78, 5) is 14.4. The summed E-state index contributed by atoms with van der Waals surface area (Å²) in [5.41, 5.74) is -0.0472. The first kappa shape index (κ1) is 8.86. The fourth-order valence-electron chi connectivity index (χ4n) is 3.46. The molecule has 2 bridgehead atoms. The molecule has 3 fully saturated rings. The molecule has 0 N–H and O–H groups in total. The lowest BCUT2D eigenvalue weighted by Gasteiger charge is -2.40. The molecule has 0 spiro atoms. The van der Waals surface area contributed by atoms with E-state index in [0.717, 1.165) is 45.6 Å². The first-order valence-corrected chi connectivity index (χ1v) is 5.67. The molecule has 2 aliphatic carbocycles. The van der Waals surface area contributed by atoms with Crippen LogP contribution in [0.3, 0.4) is 0 Å². The first-order chi connectivity index (χ1) is 6.81. The zero-order chi connectivity index (χ0) is 9.60. The number of nitrogens with zero attached hydrogens (tertiary/aromatic N) is 1. The summed E-state index contributed by atoms with van der Waals surface area (Å²) in [6.07, 6.45) is 4.35. The molecule has 1 heterocycles. The molecule has 0 aromatic rings. The highest BCUT2D eigenvalue weighted by atomic mass is 16.5. The lowest BCUT2D eigenvalue weighted by molar-refractivity contribution is -0.132. The Morgan fingerprint density at radius 1 is 1.36 bits per heavy atom. The van der Waals surface area contributed by atoms with Crippen LogP contribution in [-0.2, 0) is 9.53 Å². The molecule has 3 nitrogen and oxygen atoms in total. The van der Waals surface area contributed by atoms with Gasteiger partial charge in [-0.05, 0) is 25.2 Å². The molecule has 3 heteroatoms. The third kappa shape index (κ3) is 1.09. The van der Waals surface area contributed by atoms with E-state index in [1.54, 1.807) is 0 Å². The fraction of sp³-hybridized carbons (Fsp3) is 0.909. The number of ketones is 1. The minimum absolute atomic E-state index is 0.0472. The number of hydrogen-bond donors (Lipinski definition) is 0. The van der Waals surface area contributed by atoms with E-state index in [1.807, 2.05) is 0 Å². The minimum Gasteiger partial charge on any atom is -0.379 e. The van der Waals surface area contributed by atoms with E-state index in [2.05, 4.69) is 4.90 Å². The van der Waals surface area contributed by atoms with Gasteiger partial charge in [0, 0.05) is 19.5 Å².